The second kappa shape index (κ2) is 9.74. The van der Waals surface area contributed by atoms with Crippen LogP contribution in [0.2, 0.25) is 0 Å². The lowest BCUT2D eigenvalue weighted by Gasteiger charge is -2.32. The fourth-order valence-electron chi connectivity index (χ4n) is 4.38. The number of rotatable bonds is 7. The van der Waals surface area contributed by atoms with Crippen molar-refractivity contribution in [2.45, 2.75) is 71.0 Å². The summed E-state index contributed by atoms with van der Waals surface area (Å²) in [7, 11) is -4.01. The number of phosphoric ester groups is 1. The van der Waals surface area contributed by atoms with Crippen LogP contribution in [-0.2, 0) is 13.6 Å². The van der Waals surface area contributed by atoms with Crippen LogP contribution in [-0.4, -0.2) is 38.9 Å². The smallest absolute Gasteiger partial charge is 0.463 e. The van der Waals surface area contributed by atoms with Gasteiger partial charge >= 0.3 is 7.82 Å². The minimum absolute atomic E-state index is 0.167. The van der Waals surface area contributed by atoms with E-state index in [1.54, 1.807) is 0 Å². The van der Waals surface area contributed by atoms with E-state index in [2.05, 4.69) is 34.2 Å². The summed E-state index contributed by atoms with van der Waals surface area (Å²) in [6.45, 7) is 7.95. The molecule has 1 aromatic heterocycles. The highest BCUT2D eigenvalue weighted by atomic mass is 31.2. The van der Waals surface area contributed by atoms with Crippen LogP contribution in [0.1, 0.15) is 70.4 Å². The molecule has 0 saturated heterocycles. The quantitative estimate of drug-likeness (QED) is 0.511. The van der Waals surface area contributed by atoms with E-state index in [1.165, 1.54) is 11.9 Å². The molecule has 1 aliphatic heterocycles. The maximum atomic E-state index is 12.2. The Labute approximate surface area is 200 Å². The zero-order valence-electron chi connectivity index (χ0n) is 20.1. The molecule has 0 radical (unpaired) electrons. The second-order valence-electron chi connectivity index (χ2n) is 9.84. The number of nitrogen functional groups attached to an aromatic ring is 1. The van der Waals surface area contributed by atoms with E-state index in [0.29, 0.717) is 30.3 Å². The number of phosphoric acid groups is 1. The molecule has 1 aromatic carbocycles. The maximum absolute atomic E-state index is 12.2. The Bertz CT molecular complexity index is 1100. The number of benzene rings is 1. The van der Waals surface area contributed by atoms with Gasteiger partial charge in [0.15, 0.2) is 11.5 Å². The Morgan fingerprint density at radius 1 is 1.18 bits per heavy atom. The molecule has 1 atom stereocenters. The summed E-state index contributed by atoms with van der Waals surface area (Å²) in [4.78, 5) is 22.9. The molecular weight excluding hydrogens is 455 g/mol. The first-order valence-electron chi connectivity index (χ1n) is 11.7. The van der Waals surface area contributed by atoms with E-state index in [0.717, 1.165) is 24.1 Å². The molecule has 10 heteroatoms. The monoisotopic (exact) mass is 488 g/mol. The number of hydrogen-bond donors (Lipinski definition) is 2. The summed E-state index contributed by atoms with van der Waals surface area (Å²) in [6, 6.07) is 8.33. The minimum atomic E-state index is -4.01. The van der Waals surface area contributed by atoms with E-state index in [4.69, 9.17) is 24.5 Å². The number of anilines is 1. The number of nitrogens with zero attached hydrogens (tertiary/aromatic N) is 3. The highest BCUT2D eigenvalue weighted by Gasteiger charge is 2.35. The second-order valence-corrected chi connectivity index (χ2v) is 11.3. The van der Waals surface area contributed by atoms with Crippen molar-refractivity contribution in [2.24, 2.45) is 10.9 Å². The zero-order valence-corrected chi connectivity index (χ0v) is 21.0. The highest BCUT2D eigenvalue weighted by Crippen LogP contribution is 2.48. The molecule has 0 amide bonds. The lowest BCUT2D eigenvalue weighted by molar-refractivity contribution is 0.0736. The number of aliphatic imine (C=N–C) groups is 1. The Kier molecular flexibility index (Phi) is 7.10. The highest BCUT2D eigenvalue weighted by molar-refractivity contribution is 7.47. The molecule has 0 spiro atoms. The topological polar surface area (TPSA) is 129 Å². The van der Waals surface area contributed by atoms with Gasteiger partial charge in [0.25, 0.3) is 0 Å². The molecular formula is C24H33N4O5P. The molecule has 1 unspecified atom stereocenters. The molecule has 34 heavy (non-hydrogen) atoms. The van der Waals surface area contributed by atoms with Crippen molar-refractivity contribution in [3.8, 4) is 5.88 Å². The van der Waals surface area contributed by atoms with Crippen molar-refractivity contribution in [1.29, 1.82) is 0 Å². The summed E-state index contributed by atoms with van der Waals surface area (Å²) in [6.07, 6.45) is 4.30. The molecule has 184 valence electrons. The Morgan fingerprint density at radius 2 is 1.85 bits per heavy atom. The van der Waals surface area contributed by atoms with E-state index in [1.807, 2.05) is 27.7 Å². The molecule has 3 N–H and O–H groups in total. The van der Waals surface area contributed by atoms with Crippen molar-refractivity contribution in [3.63, 3.8) is 0 Å². The van der Waals surface area contributed by atoms with Crippen molar-refractivity contribution in [1.82, 2.24) is 9.97 Å². The molecule has 1 saturated carbocycles. The van der Waals surface area contributed by atoms with Gasteiger partial charge < -0.3 is 15.4 Å². The molecule has 4 rings (SSSR count). The van der Waals surface area contributed by atoms with Crippen LogP contribution < -0.4 is 10.5 Å². The minimum Gasteiger partial charge on any atom is -0.463 e. The summed E-state index contributed by atoms with van der Waals surface area (Å²) >= 11 is 0. The molecule has 2 aromatic rings. The summed E-state index contributed by atoms with van der Waals surface area (Å²) in [5.74, 6) is 1.21. The van der Waals surface area contributed by atoms with E-state index < -0.39 is 13.4 Å². The third-order valence-corrected chi connectivity index (χ3v) is 7.19. The number of ether oxygens (including phenoxy) is 1. The number of aromatic nitrogens is 2. The molecule has 0 bridgehead atoms. The zero-order chi connectivity index (χ0) is 24.5. The van der Waals surface area contributed by atoms with Crippen LogP contribution >= 0.6 is 7.82 Å². The fourth-order valence-corrected chi connectivity index (χ4v) is 5.52. The standard InChI is InChI=1S/C24H33N4O5P/c1-15(2)13-31-34(29,30)33-19-11-9-17(10-12-19)16-5-7-18(8-6-16)21-24(3,4)32-23-20(28-21)22(25)26-14-27-23/h5-8,14-15,17,19H,9-13H2,1-4H3,(H,29,30)(H2,25,26,27)/t17-,19-. The van der Waals surface area contributed by atoms with Crippen LogP contribution in [0.15, 0.2) is 35.6 Å². The first-order chi connectivity index (χ1) is 16.0. The third-order valence-electron chi connectivity index (χ3n) is 6.15. The number of fused-ring (bicyclic) bond motifs is 1. The lowest BCUT2D eigenvalue weighted by atomic mass is 9.82. The molecule has 1 aliphatic carbocycles. The predicted molar refractivity (Wildman–Crippen MR) is 130 cm³/mol. The van der Waals surface area contributed by atoms with Crippen molar-refractivity contribution in [2.75, 3.05) is 12.3 Å². The van der Waals surface area contributed by atoms with Crippen LogP contribution in [0, 0.1) is 5.92 Å². The first-order valence-corrected chi connectivity index (χ1v) is 13.2. The van der Waals surface area contributed by atoms with Gasteiger partial charge in [-0.05, 0) is 56.9 Å². The van der Waals surface area contributed by atoms with Gasteiger partial charge in [-0.3, -0.25) is 9.05 Å². The molecule has 2 aliphatic rings. The van der Waals surface area contributed by atoms with Gasteiger partial charge in [0.05, 0.1) is 18.4 Å². The summed E-state index contributed by atoms with van der Waals surface area (Å²) in [5, 5.41) is 0. The van der Waals surface area contributed by atoms with Crippen LogP contribution in [0.3, 0.4) is 0 Å². The Hall–Kier alpha value is -2.32. The Balaban J connectivity index is 1.41. The van der Waals surface area contributed by atoms with Crippen molar-refractivity contribution in [3.05, 3.63) is 41.7 Å². The largest absolute Gasteiger partial charge is 0.472 e. The van der Waals surface area contributed by atoms with Crippen LogP contribution in [0.5, 0.6) is 5.88 Å². The summed E-state index contributed by atoms with van der Waals surface area (Å²) in [5.41, 5.74) is 8.71. The lowest BCUT2D eigenvalue weighted by Crippen LogP contribution is -2.41. The van der Waals surface area contributed by atoms with Crippen molar-refractivity contribution >= 4 is 25.0 Å². The van der Waals surface area contributed by atoms with Gasteiger partial charge in [0.1, 0.15) is 11.9 Å². The maximum Gasteiger partial charge on any atom is 0.472 e. The van der Waals surface area contributed by atoms with E-state index in [-0.39, 0.29) is 24.4 Å². The molecule has 2 heterocycles. The predicted octanol–water partition coefficient (Wildman–Crippen LogP) is 5.17. The van der Waals surface area contributed by atoms with Gasteiger partial charge in [-0.15, -0.1) is 0 Å². The van der Waals surface area contributed by atoms with Crippen LogP contribution in [0.4, 0.5) is 11.5 Å². The normalized spacial score (nSPS) is 23.5. The summed E-state index contributed by atoms with van der Waals surface area (Å²) < 4.78 is 28.7. The van der Waals surface area contributed by atoms with E-state index >= 15 is 0 Å². The molecule has 9 nitrogen and oxygen atoms in total. The van der Waals surface area contributed by atoms with Gasteiger partial charge in [-0.1, -0.05) is 38.1 Å². The van der Waals surface area contributed by atoms with Gasteiger partial charge in [0.2, 0.25) is 5.88 Å². The van der Waals surface area contributed by atoms with Gasteiger partial charge in [-0.2, -0.15) is 4.98 Å². The van der Waals surface area contributed by atoms with E-state index in [9.17, 15) is 9.46 Å². The average molecular weight is 489 g/mol. The van der Waals surface area contributed by atoms with Crippen LogP contribution in [0.25, 0.3) is 0 Å². The van der Waals surface area contributed by atoms with Gasteiger partial charge in [0, 0.05) is 5.56 Å². The number of hydrogen-bond acceptors (Lipinski definition) is 8. The van der Waals surface area contributed by atoms with Gasteiger partial charge in [-0.25, -0.2) is 14.5 Å². The van der Waals surface area contributed by atoms with Crippen molar-refractivity contribution < 1.29 is 23.2 Å². The first kappa shape index (κ1) is 24.8. The SMILES string of the molecule is CC(C)COP(=O)(O)O[C@H]1CC[C@H](c2ccc(C3=Nc4c(N)ncnc4OC3(C)C)cc2)CC1. The molecule has 1 fully saturated rings. The Morgan fingerprint density at radius 3 is 2.50 bits per heavy atom. The third kappa shape index (κ3) is 5.66. The number of nitrogens with two attached hydrogens (primary N) is 1. The fraction of sp³-hybridized carbons (Fsp3) is 0.542. The average Bonchev–Trinajstić information content (AvgIpc) is 2.78.